The Morgan fingerprint density at radius 3 is 2.50 bits per heavy atom. The molecule has 1 aromatic heterocycles. The minimum absolute atomic E-state index is 0.0923. The molecular weight excluding hydrogens is 515 g/mol. The van der Waals surface area contributed by atoms with E-state index in [2.05, 4.69) is 32.6 Å². The fourth-order valence-electron chi connectivity index (χ4n) is 2.34. The molecule has 0 radical (unpaired) electrons. The van der Waals surface area contributed by atoms with Crippen molar-refractivity contribution in [2.45, 2.75) is 17.8 Å². The van der Waals surface area contributed by atoms with Crippen LogP contribution in [0.4, 0.5) is 0 Å². The van der Waals surface area contributed by atoms with Gasteiger partial charge in [0.05, 0.1) is 17.0 Å². The van der Waals surface area contributed by atoms with Gasteiger partial charge in [0, 0.05) is 3.57 Å². The summed E-state index contributed by atoms with van der Waals surface area (Å²) in [4.78, 5) is 20.1. The predicted molar refractivity (Wildman–Crippen MR) is 113 cm³/mol. The largest absolute Gasteiger partial charge is 0.422 e. The third-order valence-electron chi connectivity index (χ3n) is 3.82. The van der Waals surface area contributed by atoms with Gasteiger partial charge >= 0.3 is 5.97 Å². The molecule has 9 heteroatoms. The van der Waals surface area contributed by atoms with Gasteiger partial charge in [-0.1, -0.05) is 35.9 Å². The Bertz CT molecular complexity index is 1130. The van der Waals surface area contributed by atoms with Gasteiger partial charge in [-0.3, -0.25) is 0 Å². The normalized spacial score (nSPS) is 11.2. The number of aromatic nitrogens is 2. The summed E-state index contributed by atoms with van der Waals surface area (Å²) in [5.41, 5.74) is 1.15. The number of aryl methyl sites for hydroxylation is 1. The standard InChI is InChI=1S/C19H14ClIN2O4S/c1-12-4-2-3-5-13(12)11-28(25,26)19-22-10-16(20)17(23-19)18(24)27-15-8-6-14(21)7-9-15/h2-10H,11H2,1H3. The quantitative estimate of drug-likeness (QED) is 0.213. The summed E-state index contributed by atoms with van der Waals surface area (Å²) in [5, 5.41) is -0.569. The second-order valence-electron chi connectivity index (χ2n) is 5.88. The van der Waals surface area contributed by atoms with Crippen LogP contribution in [-0.2, 0) is 15.6 Å². The van der Waals surface area contributed by atoms with Crippen LogP contribution in [0.25, 0.3) is 0 Å². The summed E-state index contributed by atoms with van der Waals surface area (Å²) in [5.74, 6) is -0.849. The first kappa shape index (κ1) is 20.7. The van der Waals surface area contributed by atoms with E-state index in [-0.39, 0.29) is 16.5 Å². The number of nitrogens with zero attached hydrogens (tertiary/aromatic N) is 2. The molecule has 2 aromatic carbocycles. The molecule has 3 rings (SSSR count). The molecule has 144 valence electrons. The zero-order valence-corrected chi connectivity index (χ0v) is 18.3. The van der Waals surface area contributed by atoms with Crippen molar-refractivity contribution in [3.8, 4) is 5.75 Å². The van der Waals surface area contributed by atoms with Crippen molar-refractivity contribution in [1.29, 1.82) is 0 Å². The highest BCUT2D eigenvalue weighted by molar-refractivity contribution is 14.1. The van der Waals surface area contributed by atoms with Crippen LogP contribution < -0.4 is 4.74 Å². The molecule has 6 nitrogen and oxygen atoms in total. The fourth-order valence-corrected chi connectivity index (χ4v) is 4.18. The number of hydrogen-bond donors (Lipinski definition) is 0. The Labute approximate surface area is 181 Å². The molecular formula is C19H14ClIN2O4S. The van der Waals surface area contributed by atoms with Crippen LogP contribution in [0.15, 0.2) is 59.9 Å². The highest BCUT2D eigenvalue weighted by Gasteiger charge is 2.24. The van der Waals surface area contributed by atoms with Gasteiger partial charge in [0.1, 0.15) is 5.75 Å². The van der Waals surface area contributed by atoms with Gasteiger partial charge < -0.3 is 4.74 Å². The van der Waals surface area contributed by atoms with Gasteiger partial charge in [0.2, 0.25) is 15.0 Å². The molecule has 0 saturated heterocycles. The first-order valence-electron chi connectivity index (χ1n) is 8.04. The van der Waals surface area contributed by atoms with Crippen LogP contribution in [0, 0.1) is 10.5 Å². The third kappa shape index (κ3) is 4.86. The zero-order valence-electron chi connectivity index (χ0n) is 14.6. The Morgan fingerprint density at radius 1 is 1.14 bits per heavy atom. The van der Waals surface area contributed by atoms with E-state index in [4.69, 9.17) is 16.3 Å². The summed E-state index contributed by atoms with van der Waals surface area (Å²) in [6.45, 7) is 1.82. The van der Waals surface area contributed by atoms with Crippen molar-refractivity contribution in [3.63, 3.8) is 0 Å². The van der Waals surface area contributed by atoms with E-state index < -0.39 is 21.0 Å². The molecule has 0 aliphatic carbocycles. The SMILES string of the molecule is Cc1ccccc1CS(=O)(=O)c1ncc(Cl)c(C(=O)Oc2ccc(I)cc2)n1. The van der Waals surface area contributed by atoms with E-state index in [1.54, 1.807) is 36.4 Å². The van der Waals surface area contributed by atoms with Gasteiger partial charge in [-0.25, -0.2) is 23.2 Å². The number of benzene rings is 2. The maximum absolute atomic E-state index is 12.7. The number of rotatable bonds is 5. The van der Waals surface area contributed by atoms with Crippen molar-refractivity contribution in [2.24, 2.45) is 0 Å². The Morgan fingerprint density at radius 2 is 1.82 bits per heavy atom. The molecule has 0 aliphatic rings. The van der Waals surface area contributed by atoms with Crippen molar-refractivity contribution in [3.05, 3.63) is 80.1 Å². The van der Waals surface area contributed by atoms with E-state index >= 15 is 0 Å². The number of halogens is 2. The Balaban J connectivity index is 1.89. The van der Waals surface area contributed by atoms with E-state index in [1.165, 1.54) is 0 Å². The maximum atomic E-state index is 12.7. The van der Waals surface area contributed by atoms with E-state index in [9.17, 15) is 13.2 Å². The van der Waals surface area contributed by atoms with Crippen LogP contribution in [0.3, 0.4) is 0 Å². The van der Waals surface area contributed by atoms with Crippen LogP contribution in [-0.4, -0.2) is 24.4 Å². The Kier molecular flexibility index (Phi) is 6.31. The predicted octanol–water partition coefficient (Wildman–Crippen LogP) is 4.24. The molecule has 0 fully saturated rings. The number of hydrogen-bond acceptors (Lipinski definition) is 6. The molecule has 1 heterocycles. The van der Waals surface area contributed by atoms with Crippen LogP contribution in [0.2, 0.25) is 5.02 Å². The average molecular weight is 529 g/mol. The van der Waals surface area contributed by atoms with Crippen LogP contribution in [0.1, 0.15) is 21.6 Å². The summed E-state index contributed by atoms with van der Waals surface area (Å²) < 4.78 is 31.6. The van der Waals surface area contributed by atoms with Gasteiger partial charge in [0.15, 0.2) is 5.69 Å². The molecule has 0 amide bonds. The minimum Gasteiger partial charge on any atom is -0.422 e. The molecule has 0 aliphatic heterocycles. The number of sulfone groups is 1. The first-order valence-corrected chi connectivity index (χ1v) is 11.1. The summed E-state index contributed by atoms with van der Waals surface area (Å²) in [6, 6.07) is 13.9. The Hall–Kier alpha value is -2.04. The van der Waals surface area contributed by atoms with Crippen LogP contribution in [0.5, 0.6) is 5.75 Å². The lowest BCUT2D eigenvalue weighted by molar-refractivity contribution is 0.0727. The highest BCUT2D eigenvalue weighted by Crippen LogP contribution is 2.21. The maximum Gasteiger partial charge on any atom is 0.364 e. The smallest absolute Gasteiger partial charge is 0.364 e. The molecule has 28 heavy (non-hydrogen) atoms. The van der Waals surface area contributed by atoms with Crippen molar-refractivity contribution in [1.82, 2.24) is 9.97 Å². The minimum atomic E-state index is -3.88. The first-order chi connectivity index (χ1) is 13.3. The molecule has 0 spiro atoms. The van der Waals surface area contributed by atoms with E-state index in [0.717, 1.165) is 15.3 Å². The molecule has 0 N–H and O–H groups in total. The second kappa shape index (κ2) is 8.54. The average Bonchev–Trinajstić information content (AvgIpc) is 2.65. The summed E-state index contributed by atoms with van der Waals surface area (Å²) in [7, 11) is -3.88. The van der Waals surface area contributed by atoms with Gasteiger partial charge in [-0.05, 0) is 64.9 Å². The monoisotopic (exact) mass is 528 g/mol. The van der Waals surface area contributed by atoms with Crippen molar-refractivity contribution >= 4 is 50.0 Å². The lowest BCUT2D eigenvalue weighted by atomic mass is 10.1. The van der Waals surface area contributed by atoms with E-state index in [0.29, 0.717) is 11.3 Å². The molecule has 0 saturated carbocycles. The summed E-state index contributed by atoms with van der Waals surface area (Å²) in [6.07, 6.45) is 1.09. The van der Waals surface area contributed by atoms with Crippen LogP contribution >= 0.6 is 34.2 Å². The molecule has 0 unspecified atom stereocenters. The molecule has 0 bridgehead atoms. The van der Waals surface area contributed by atoms with Crippen molar-refractivity contribution in [2.75, 3.05) is 0 Å². The number of carbonyl (C=O) groups is 1. The topological polar surface area (TPSA) is 86.2 Å². The fraction of sp³-hybridized carbons (Fsp3) is 0.105. The zero-order chi connectivity index (χ0) is 20.3. The van der Waals surface area contributed by atoms with Gasteiger partial charge in [-0.15, -0.1) is 0 Å². The van der Waals surface area contributed by atoms with E-state index in [1.807, 2.05) is 19.1 Å². The second-order valence-corrected chi connectivity index (χ2v) is 9.41. The number of esters is 1. The number of ether oxygens (including phenoxy) is 1. The van der Waals surface area contributed by atoms with Gasteiger partial charge in [0.25, 0.3) is 0 Å². The molecule has 0 atom stereocenters. The third-order valence-corrected chi connectivity index (χ3v) is 6.26. The lowest BCUT2D eigenvalue weighted by Gasteiger charge is -2.09. The molecule has 3 aromatic rings. The number of carbonyl (C=O) groups excluding carboxylic acids is 1. The summed E-state index contributed by atoms with van der Waals surface area (Å²) >= 11 is 8.12. The highest BCUT2D eigenvalue weighted by atomic mass is 127. The lowest BCUT2D eigenvalue weighted by Crippen LogP contribution is -2.16. The van der Waals surface area contributed by atoms with Gasteiger partial charge in [-0.2, -0.15) is 0 Å². The van der Waals surface area contributed by atoms with Crippen molar-refractivity contribution < 1.29 is 17.9 Å².